The van der Waals surface area contributed by atoms with Crippen LogP contribution in [0.2, 0.25) is 0 Å². The highest BCUT2D eigenvalue weighted by Crippen LogP contribution is 2.55. The van der Waals surface area contributed by atoms with Gasteiger partial charge in [-0.2, -0.15) is 8.42 Å². The van der Waals surface area contributed by atoms with Gasteiger partial charge in [0, 0.05) is 17.5 Å². The molecular weight excluding hydrogens is 354 g/mol. The maximum absolute atomic E-state index is 11.9. The summed E-state index contributed by atoms with van der Waals surface area (Å²) in [7, 11) is 1.22. The molecule has 4 unspecified atom stereocenters. The first kappa shape index (κ1) is 17.8. The molecule has 1 aromatic rings. The van der Waals surface area contributed by atoms with Gasteiger partial charge >= 0.3 is 0 Å². The predicted molar refractivity (Wildman–Crippen MR) is 98.3 cm³/mol. The number of rotatable bonds is 3. The lowest BCUT2D eigenvalue weighted by molar-refractivity contribution is 0.0538. The van der Waals surface area contributed by atoms with Gasteiger partial charge in [-0.1, -0.05) is 12.1 Å². The first-order chi connectivity index (χ1) is 12.4. The zero-order valence-corrected chi connectivity index (χ0v) is 16.1. The molecule has 6 nitrogen and oxygen atoms in total. The number of allylic oxidation sites excluding steroid dienone is 2. The number of ether oxygens (including phenoxy) is 2. The average Bonchev–Trinajstić information content (AvgIpc) is 2.62. The Kier molecular flexibility index (Phi) is 4.28. The summed E-state index contributed by atoms with van der Waals surface area (Å²) in [6, 6.07) is 4.31. The fourth-order valence-corrected chi connectivity index (χ4v) is 6.36. The number of benzene rings is 1. The van der Waals surface area contributed by atoms with Gasteiger partial charge in [-0.25, -0.2) is 0 Å². The molecule has 4 atom stereocenters. The van der Waals surface area contributed by atoms with Crippen LogP contribution in [0.15, 0.2) is 23.1 Å². The molecule has 1 aromatic carbocycles. The third-order valence-electron chi connectivity index (χ3n) is 6.44. The standard InChI is InChI=1S/C19H25NO5S/c1-20-9-8-12-16(26(21,22)23)7-5-13-17-11(10-14(20)18(12)13)4-6-15(24-2)19(17)25-3/h4,6-7,12-14,18H,5,8-10H2,1-3H3,(H,21,22,23). The van der Waals surface area contributed by atoms with E-state index in [9.17, 15) is 13.0 Å². The van der Waals surface area contributed by atoms with Crippen LogP contribution in [0, 0.1) is 11.8 Å². The molecule has 0 saturated carbocycles. The minimum atomic E-state index is -4.16. The van der Waals surface area contributed by atoms with Crippen molar-refractivity contribution in [2.75, 3.05) is 27.8 Å². The highest BCUT2D eigenvalue weighted by molar-refractivity contribution is 7.89. The second-order valence-corrected chi connectivity index (χ2v) is 8.94. The van der Waals surface area contributed by atoms with Crippen molar-refractivity contribution in [3.05, 3.63) is 34.2 Å². The fourth-order valence-electron chi connectivity index (χ4n) is 5.40. The Balaban J connectivity index is 1.90. The number of hydrogen-bond donors (Lipinski definition) is 1. The molecule has 1 aliphatic heterocycles. The number of likely N-dealkylation sites (tertiary alicyclic amines) is 1. The molecule has 4 rings (SSSR count). The SMILES string of the molecule is COc1ccc2c(c1OC)C1CC=C(S(=O)(=O)O)C3CCN(C)C(C2)C31. The van der Waals surface area contributed by atoms with E-state index in [2.05, 4.69) is 18.0 Å². The van der Waals surface area contributed by atoms with Gasteiger partial charge in [0.2, 0.25) is 0 Å². The fraction of sp³-hybridized carbons (Fsp3) is 0.579. The van der Waals surface area contributed by atoms with E-state index in [-0.39, 0.29) is 28.7 Å². The van der Waals surface area contributed by atoms with Gasteiger partial charge in [-0.3, -0.25) is 4.55 Å². The molecule has 2 aliphatic carbocycles. The summed E-state index contributed by atoms with van der Waals surface area (Å²) >= 11 is 0. The van der Waals surface area contributed by atoms with E-state index in [1.54, 1.807) is 20.3 Å². The van der Waals surface area contributed by atoms with Crippen LogP contribution in [0.4, 0.5) is 0 Å². The quantitative estimate of drug-likeness (QED) is 0.813. The van der Waals surface area contributed by atoms with Gasteiger partial charge in [-0.05, 0) is 56.3 Å². The van der Waals surface area contributed by atoms with Crippen molar-refractivity contribution >= 4 is 10.1 Å². The second-order valence-electron chi connectivity index (χ2n) is 7.52. The number of piperidine rings is 1. The van der Waals surface area contributed by atoms with Crippen LogP contribution < -0.4 is 9.47 Å². The summed E-state index contributed by atoms with van der Waals surface area (Å²) in [5.41, 5.74) is 2.38. The third kappa shape index (κ3) is 2.56. The molecule has 3 aliphatic rings. The molecule has 0 bridgehead atoms. The van der Waals surface area contributed by atoms with Crippen molar-refractivity contribution in [2.24, 2.45) is 11.8 Å². The van der Waals surface area contributed by atoms with Gasteiger partial charge in [0.15, 0.2) is 11.5 Å². The molecule has 0 amide bonds. The van der Waals surface area contributed by atoms with Crippen molar-refractivity contribution in [3.63, 3.8) is 0 Å². The highest BCUT2D eigenvalue weighted by Gasteiger charge is 2.50. The number of methoxy groups -OCH3 is 2. The van der Waals surface area contributed by atoms with Crippen LogP contribution in [-0.2, 0) is 16.5 Å². The van der Waals surface area contributed by atoms with Gasteiger partial charge in [0.25, 0.3) is 10.1 Å². The summed E-state index contributed by atoms with van der Waals surface area (Å²) < 4.78 is 44.8. The molecule has 1 fully saturated rings. The average molecular weight is 379 g/mol. The molecule has 142 valence electrons. The molecule has 26 heavy (non-hydrogen) atoms. The Morgan fingerprint density at radius 2 is 1.96 bits per heavy atom. The lowest BCUT2D eigenvalue weighted by atomic mass is 9.60. The Morgan fingerprint density at radius 1 is 1.19 bits per heavy atom. The molecule has 0 aromatic heterocycles. The molecule has 1 heterocycles. The molecule has 0 radical (unpaired) electrons. The van der Waals surface area contributed by atoms with E-state index in [0.717, 1.165) is 30.7 Å². The number of hydrogen-bond acceptors (Lipinski definition) is 5. The molecular formula is C19H25NO5S. The maximum Gasteiger partial charge on any atom is 0.290 e. The Bertz CT molecular complexity index is 863. The van der Waals surface area contributed by atoms with E-state index in [4.69, 9.17) is 9.47 Å². The zero-order chi connectivity index (χ0) is 18.6. The third-order valence-corrected chi connectivity index (χ3v) is 7.51. The lowest BCUT2D eigenvalue weighted by Gasteiger charge is -2.52. The number of nitrogens with zero attached hydrogens (tertiary/aromatic N) is 1. The molecule has 0 spiro atoms. The Morgan fingerprint density at radius 3 is 2.62 bits per heavy atom. The van der Waals surface area contributed by atoms with Crippen LogP contribution >= 0.6 is 0 Å². The van der Waals surface area contributed by atoms with E-state index in [1.807, 2.05) is 6.07 Å². The van der Waals surface area contributed by atoms with Gasteiger partial charge in [0.05, 0.1) is 19.1 Å². The number of fused-ring (bicyclic) bond motifs is 2. The highest BCUT2D eigenvalue weighted by atomic mass is 32.2. The summed E-state index contributed by atoms with van der Waals surface area (Å²) in [5.74, 6) is 1.62. The smallest absolute Gasteiger partial charge is 0.290 e. The second kappa shape index (κ2) is 6.25. The minimum absolute atomic E-state index is 0.143. The van der Waals surface area contributed by atoms with E-state index in [1.165, 1.54) is 5.56 Å². The molecule has 1 saturated heterocycles. The van der Waals surface area contributed by atoms with E-state index < -0.39 is 10.1 Å². The molecule has 1 N–H and O–H groups in total. The van der Waals surface area contributed by atoms with Gasteiger partial charge in [-0.15, -0.1) is 0 Å². The van der Waals surface area contributed by atoms with Gasteiger partial charge in [0.1, 0.15) is 0 Å². The van der Waals surface area contributed by atoms with E-state index >= 15 is 0 Å². The summed E-state index contributed by atoms with van der Waals surface area (Å²) in [5, 5.41) is 0. The predicted octanol–water partition coefficient (Wildman–Crippen LogP) is 2.46. The van der Waals surface area contributed by atoms with Crippen LogP contribution in [0.1, 0.15) is 29.9 Å². The van der Waals surface area contributed by atoms with Crippen LogP contribution in [0.25, 0.3) is 0 Å². The zero-order valence-electron chi connectivity index (χ0n) is 15.3. The first-order valence-electron chi connectivity index (χ1n) is 8.98. The molecule has 7 heteroatoms. The van der Waals surface area contributed by atoms with Gasteiger partial charge < -0.3 is 14.4 Å². The van der Waals surface area contributed by atoms with E-state index in [0.29, 0.717) is 12.2 Å². The monoisotopic (exact) mass is 379 g/mol. The van der Waals surface area contributed by atoms with Crippen LogP contribution in [0.3, 0.4) is 0 Å². The van der Waals surface area contributed by atoms with Crippen molar-refractivity contribution in [1.29, 1.82) is 0 Å². The topological polar surface area (TPSA) is 76.1 Å². The Labute approximate surface area is 154 Å². The lowest BCUT2D eigenvalue weighted by Crippen LogP contribution is -2.54. The summed E-state index contributed by atoms with van der Waals surface area (Å²) in [4.78, 5) is 2.54. The normalized spacial score (nSPS) is 30.8. The largest absolute Gasteiger partial charge is 0.493 e. The van der Waals surface area contributed by atoms with Crippen molar-refractivity contribution < 1.29 is 22.4 Å². The Hall–Kier alpha value is -1.57. The van der Waals surface area contributed by atoms with Crippen molar-refractivity contribution in [3.8, 4) is 11.5 Å². The van der Waals surface area contributed by atoms with Crippen LogP contribution in [0.5, 0.6) is 11.5 Å². The van der Waals surface area contributed by atoms with Crippen molar-refractivity contribution in [1.82, 2.24) is 4.90 Å². The minimum Gasteiger partial charge on any atom is -0.493 e. The first-order valence-corrected chi connectivity index (χ1v) is 10.4. The summed E-state index contributed by atoms with van der Waals surface area (Å²) in [6.45, 7) is 0.827. The maximum atomic E-state index is 11.9. The summed E-state index contributed by atoms with van der Waals surface area (Å²) in [6.07, 6.45) is 3.89. The number of likely N-dealkylation sites (N-methyl/N-ethyl adjacent to an activating group) is 1. The van der Waals surface area contributed by atoms with Crippen molar-refractivity contribution in [2.45, 2.75) is 31.2 Å². The van der Waals surface area contributed by atoms with Crippen LogP contribution in [-0.4, -0.2) is 51.7 Å².